The van der Waals surface area contributed by atoms with E-state index >= 15 is 0 Å². The highest BCUT2D eigenvalue weighted by Gasteiger charge is 2.13. The maximum Gasteiger partial charge on any atom is 0.264 e. The number of amides is 1. The van der Waals surface area contributed by atoms with Crippen LogP contribution in [0.25, 0.3) is 0 Å². The number of carbonyl (C=O) groups excluding carboxylic acids is 1. The van der Waals surface area contributed by atoms with Crippen molar-refractivity contribution >= 4 is 5.91 Å². The second-order valence-corrected chi connectivity index (χ2v) is 3.04. The lowest BCUT2D eigenvalue weighted by Gasteiger charge is -2.00. The van der Waals surface area contributed by atoms with Crippen molar-refractivity contribution in [1.29, 1.82) is 5.26 Å². The van der Waals surface area contributed by atoms with Gasteiger partial charge in [-0.1, -0.05) is 6.07 Å². The molecular weight excluding hydrogens is 180 g/mol. The second kappa shape index (κ2) is 3.48. The van der Waals surface area contributed by atoms with E-state index in [4.69, 9.17) is 10.00 Å². The van der Waals surface area contributed by atoms with Crippen molar-refractivity contribution in [1.82, 2.24) is 5.32 Å². The van der Waals surface area contributed by atoms with Crippen molar-refractivity contribution < 1.29 is 9.53 Å². The molecule has 1 aliphatic heterocycles. The third-order valence-corrected chi connectivity index (χ3v) is 2.15. The van der Waals surface area contributed by atoms with Gasteiger partial charge in [-0.15, -0.1) is 0 Å². The molecule has 0 unspecified atom stereocenters. The Labute approximate surface area is 81.1 Å². The van der Waals surface area contributed by atoms with Gasteiger partial charge in [-0.3, -0.25) is 10.1 Å². The van der Waals surface area contributed by atoms with E-state index in [9.17, 15) is 4.79 Å². The Morgan fingerprint density at radius 3 is 3.00 bits per heavy atom. The average molecular weight is 188 g/mol. The summed E-state index contributed by atoms with van der Waals surface area (Å²) in [7, 11) is 0. The molecule has 1 aromatic carbocycles. The van der Waals surface area contributed by atoms with Gasteiger partial charge < -0.3 is 4.74 Å². The van der Waals surface area contributed by atoms with Gasteiger partial charge in [0.25, 0.3) is 5.91 Å². The molecule has 0 saturated carbocycles. The molecule has 70 valence electrons. The summed E-state index contributed by atoms with van der Waals surface area (Å²) in [5.74, 6) is -0.373. The van der Waals surface area contributed by atoms with Crippen LogP contribution in [0.3, 0.4) is 0 Å². The van der Waals surface area contributed by atoms with Crippen LogP contribution >= 0.6 is 0 Å². The number of hydrogen-bond donors (Lipinski definition) is 1. The Morgan fingerprint density at radius 2 is 2.21 bits per heavy atom. The van der Waals surface area contributed by atoms with Crippen molar-refractivity contribution in [3.8, 4) is 6.19 Å². The topological polar surface area (TPSA) is 62.1 Å². The predicted octanol–water partition coefficient (Wildman–Crippen LogP) is 0.928. The Balaban J connectivity index is 2.29. The normalized spacial score (nSPS) is 13.1. The van der Waals surface area contributed by atoms with Gasteiger partial charge in [0.15, 0.2) is 6.19 Å². The van der Waals surface area contributed by atoms with Crippen LogP contribution in [0.15, 0.2) is 18.2 Å². The number of fused-ring (bicyclic) bond motifs is 1. The van der Waals surface area contributed by atoms with Gasteiger partial charge in [0, 0.05) is 5.56 Å². The zero-order chi connectivity index (χ0) is 9.97. The van der Waals surface area contributed by atoms with Crippen LogP contribution in [0, 0.1) is 11.5 Å². The molecule has 2 rings (SSSR count). The van der Waals surface area contributed by atoms with E-state index in [2.05, 4.69) is 5.32 Å². The molecule has 1 aliphatic rings. The Bertz CT molecular complexity index is 421. The highest BCUT2D eigenvalue weighted by atomic mass is 16.5. The van der Waals surface area contributed by atoms with E-state index in [1.165, 1.54) is 0 Å². The van der Waals surface area contributed by atoms with Gasteiger partial charge in [0.1, 0.15) is 0 Å². The molecule has 0 atom stereocenters. The van der Waals surface area contributed by atoms with E-state index < -0.39 is 0 Å². The first kappa shape index (κ1) is 8.73. The van der Waals surface area contributed by atoms with Crippen LogP contribution in [-0.4, -0.2) is 5.91 Å². The number of carbonyl (C=O) groups is 1. The highest BCUT2D eigenvalue weighted by Crippen LogP contribution is 2.20. The molecule has 0 aromatic heterocycles. The lowest BCUT2D eigenvalue weighted by Crippen LogP contribution is -2.17. The number of rotatable bonds is 1. The summed E-state index contributed by atoms with van der Waals surface area (Å²) in [4.78, 5) is 11.3. The molecule has 1 N–H and O–H groups in total. The molecule has 0 fully saturated rings. The first-order valence-corrected chi connectivity index (χ1v) is 4.20. The molecule has 1 aromatic rings. The minimum absolute atomic E-state index is 0.373. The van der Waals surface area contributed by atoms with Gasteiger partial charge in [-0.05, 0) is 23.3 Å². The Morgan fingerprint density at radius 1 is 1.43 bits per heavy atom. The number of nitrogens with one attached hydrogen (secondary N) is 1. The van der Waals surface area contributed by atoms with Crippen LogP contribution in [0.2, 0.25) is 0 Å². The largest absolute Gasteiger partial charge is 0.372 e. The summed E-state index contributed by atoms with van der Waals surface area (Å²) in [5.41, 5.74) is 2.63. The highest BCUT2D eigenvalue weighted by molar-refractivity contribution is 5.95. The molecule has 4 nitrogen and oxygen atoms in total. The molecule has 4 heteroatoms. The van der Waals surface area contributed by atoms with Crippen molar-refractivity contribution in [2.45, 2.75) is 13.2 Å². The Kier molecular flexibility index (Phi) is 2.17. The molecular formula is C10H8N2O2. The average Bonchev–Trinajstić information content (AvgIpc) is 2.64. The molecule has 0 bridgehead atoms. The van der Waals surface area contributed by atoms with Crippen LogP contribution in [0.5, 0.6) is 0 Å². The summed E-state index contributed by atoms with van der Waals surface area (Å²) < 4.78 is 5.21. The Hall–Kier alpha value is -1.86. The molecule has 1 amide bonds. The molecule has 0 aliphatic carbocycles. The SMILES string of the molecule is N#CNC(=O)c1ccc2c(c1)COC2. The van der Waals surface area contributed by atoms with Gasteiger partial charge in [0.05, 0.1) is 13.2 Å². The van der Waals surface area contributed by atoms with Crippen LogP contribution in [0.4, 0.5) is 0 Å². The van der Waals surface area contributed by atoms with Gasteiger partial charge >= 0.3 is 0 Å². The summed E-state index contributed by atoms with van der Waals surface area (Å²) >= 11 is 0. The monoisotopic (exact) mass is 188 g/mol. The fourth-order valence-corrected chi connectivity index (χ4v) is 1.44. The van der Waals surface area contributed by atoms with Crippen LogP contribution in [0.1, 0.15) is 21.5 Å². The van der Waals surface area contributed by atoms with E-state index in [0.29, 0.717) is 18.8 Å². The van der Waals surface area contributed by atoms with Crippen molar-refractivity contribution in [3.05, 3.63) is 34.9 Å². The smallest absolute Gasteiger partial charge is 0.264 e. The zero-order valence-electron chi connectivity index (χ0n) is 7.41. The maximum atomic E-state index is 11.3. The predicted molar refractivity (Wildman–Crippen MR) is 48.0 cm³/mol. The van der Waals surface area contributed by atoms with Gasteiger partial charge in [-0.2, -0.15) is 5.26 Å². The van der Waals surface area contributed by atoms with E-state index in [0.717, 1.165) is 11.1 Å². The lowest BCUT2D eigenvalue weighted by molar-refractivity contribution is 0.0972. The number of nitrogens with zero attached hydrogens (tertiary/aromatic N) is 1. The summed E-state index contributed by atoms with van der Waals surface area (Å²) in [6.07, 6.45) is 1.60. The molecule has 14 heavy (non-hydrogen) atoms. The quantitative estimate of drug-likeness (QED) is 0.526. The molecule has 1 heterocycles. The van der Waals surface area contributed by atoms with Crippen LogP contribution < -0.4 is 5.32 Å². The fraction of sp³-hybridized carbons (Fsp3) is 0.200. The number of ether oxygens (including phenoxy) is 1. The second-order valence-electron chi connectivity index (χ2n) is 3.04. The minimum Gasteiger partial charge on any atom is -0.372 e. The van der Waals surface area contributed by atoms with Crippen molar-refractivity contribution in [2.24, 2.45) is 0 Å². The van der Waals surface area contributed by atoms with Gasteiger partial charge in [-0.25, -0.2) is 0 Å². The third-order valence-electron chi connectivity index (χ3n) is 2.15. The van der Waals surface area contributed by atoms with Crippen LogP contribution in [-0.2, 0) is 18.0 Å². The van der Waals surface area contributed by atoms with E-state index in [1.54, 1.807) is 18.3 Å². The zero-order valence-corrected chi connectivity index (χ0v) is 7.41. The van der Waals surface area contributed by atoms with Gasteiger partial charge in [0.2, 0.25) is 0 Å². The molecule has 0 radical (unpaired) electrons. The molecule has 0 spiro atoms. The first-order valence-electron chi connectivity index (χ1n) is 4.20. The summed E-state index contributed by atoms with van der Waals surface area (Å²) in [6, 6.07) is 5.31. The summed E-state index contributed by atoms with van der Waals surface area (Å²) in [6.45, 7) is 1.15. The fourth-order valence-electron chi connectivity index (χ4n) is 1.44. The lowest BCUT2D eigenvalue weighted by atomic mass is 10.1. The number of nitriles is 1. The van der Waals surface area contributed by atoms with Crippen molar-refractivity contribution in [2.75, 3.05) is 0 Å². The van der Waals surface area contributed by atoms with Crippen molar-refractivity contribution in [3.63, 3.8) is 0 Å². The van der Waals surface area contributed by atoms with E-state index in [1.807, 2.05) is 6.07 Å². The first-order chi connectivity index (χ1) is 6.81. The van der Waals surface area contributed by atoms with E-state index in [-0.39, 0.29) is 5.91 Å². The molecule has 0 saturated heterocycles. The number of hydrogen-bond acceptors (Lipinski definition) is 3. The third kappa shape index (κ3) is 1.45. The minimum atomic E-state index is -0.373. The summed E-state index contributed by atoms with van der Waals surface area (Å²) in [5, 5.41) is 10.4. The standard InChI is InChI=1S/C10H8N2O2/c11-6-12-10(13)7-1-2-8-4-14-5-9(8)3-7/h1-3H,4-5H2,(H,12,13). The number of benzene rings is 1. The maximum absolute atomic E-state index is 11.3.